The topological polar surface area (TPSA) is 71.5 Å². The first-order chi connectivity index (χ1) is 16.4. The number of aromatic nitrogens is 1. The number of amides is 2. The van der Waals surface area contributed by atoms with Crippen molar-refractivity contribution >= 4 is 38.5 Å². The van der Waals surface area contributed by atoms with Crippen LogP contribution < -0.4 is 15.0 Å². The zero-order valence-corrected chi connectivity index (χ0v) is 19.1. The molecule has 0 saturated heterocycles. The normalized spacial score (nSPS) is 10.8. The quantitative estimate of drug-likeness (QED) is 0.387. The molecule has 0 aliphatic carbocycles. The van der Waals surface area contributed by atoms with Crippen molar-refractivity contribution in [3.63, 3.8) is 0 Å². The van der Waals surface area contributed by atoms with Gasteiger partial charge in [0.25, 0.3) is 5.91 Å². The highest BCUT2D eigenvalue weighted by Gasteiger charge is 2.21. The Labute approximate surface area is 198 Å². The summed E-state index contributed by atoms with van der Waals surface area (Å²) in [6, 6.07) is 17.7. The Balaban J connectivity index is 1.50. The van der Waals surface area contributed by atoms with Crippen molar-refractivity contribution < 1.29 is 23.1 Å². The van der Waals surface area contributed by atoms with Crippen molar-refractivity contribution in [2.24, 2.45) is 0 Å². The first-order valence-electron chi connectivity index (χ1n) is 10.5. The third kappa shape index (κ3) is 5.37. The van der Waals surface area contributed by atoms with Gasteiger partial charge in [-0.3, -0.25) is 14.5 Å². The maximum absolute atomic E-state index is 13.8. The van der Waals surface area contributed by atoms with E-state index in [1.807, 2.05) is 42.5 Å². The molecule has 0 fully saturated rings. The van der Waals surface area contributed by atoms with E-state index in [1.165, 1.54) is 11.3 Å². The number of methoxy groups -OCH3 is 1. The number of benzene rings is 3. The number of nitrogens with zero attached hydrogens (tertiary/aromatic N) is 2. The summed E-state index contributed by atoms with van der Waals surface area (Å²) >= 11 is 1.36. The first kappa shape index (κ1) is 23.3. The molecular formula is C25H21F2N3O3S. The fraction of sp³-hybridized carbons (Fsp3) is 0.160. The molecule has 0 aliphatic heterocycles. The van der Waals surface area contributed by atoms with Gasteiger partial charge < -0.3 is 10.1 Å². The number of hydrogen-bond acceptors (Lipinski definition) is 5. The number of carbonyl (C=O) groups is 2. The van der Waals surface area contributed by atoms with E-state index in [0.717, 1.165) is 27.9 Å². The van der Waals surface area contributed by atoms with E-state index in [4.69, 9.17) is 4.74 Å². The summed E-state index contributed by atoms with van der Waals surface area (Å²) in [5.74, 6) is -2.00. The summed E-state index contributed by atoms with van der Waals surface area (Å²) in [6.07, 6.45) is -0.0271. The highest BCUT2D eigenvalue weighted by Crippen LogP contribution is 2.32. The largest absolute Gasteiger partial charge is 0.497 e. The maximum atomic E-state index is 13.8. The summed E-state index contributed by atoms with van der Waals surface area (Å²) < 4.78 is 33.1. The van der Waals surface area contributed by atoms with Crippen LogP contribution in [0.15, 0.2) is 66.7 Å². The van der Waals surface area contributed by atoms with E-state index >= 15 is 0 Å². The van der Waals surface area contributed by atoms with E-state index in [1.54, 1.807) is 18.1 Å². The van der Waals surface area contributed by atoms with Gasteiger partial charge in [-0.15, -0.1) is 0 Å². The van der Waals surface area contributed by atoms with Crippen LogP contribution in [0.5, 0.6) is 5.75 Å². The molecule has 9 heteroatoms. The lowest BCUT2D eigenvalue weighted by Gasteiger charge is -2.20. The van der Waals surface area contributed by atoms with Gasteiger partial charge >= 0.3 is 0 Å². The Kier molecular flexibility index (Phi) is 7.12. The minimum Gasteiger partial charge on any atom is -0.497 e. The number of halogens is 2. The Morgan fingerprint density at radius 3 is 2.59 bits per heavy atom. The van der Waals surface area contributed by atoms with Crippen LogP contribution in [0.25, 0.3) is 10.2 Å². The highest BCUT2D eigenvalue weighted by atomic mass is 32.1. The van der Waals surface area contributed by atoms with Crippen molar-refractivity contribution in [2.75, 3.05) is 18.6 Å². The SMILES string of the molecule is COc1ccc2nc(N(Cc3ccccc3)C(=O)CCNC(=O)c3ccc(F)cc3F)sc2c1. The Morgan fingerprint density at radius 2 is 1.85 bits per heavy atom. The molecule has 1 heterocycles. The fourth-order valence-electron chi connectivity index (χ4n) is 3.35. The van der Waals surface area contributed by atoms with Gasteiger partial charge in [0.1, 0.15) is 17.4 Å². The lowest BCUT2D eigenvalue weighted by atomic mass is 10.2. The molecular weight excluding hydrogens is 460 g/mol. The van der Waals surface area contributed by atoms with Gasteiger partial charge in [-0.2, -0.15) is 0 Å². The average molecular weight is 482 g/mol. The highest BCUT2D eigenvalue weighted by molar-refractivity contribution is 7.22. The van der Waals surface area contributed by atoms with Gasteiger partial charge in [0.05, 0.1) is 29.4 Å². The lowest BCUT2D eigenvalue weighted by molar-refractivity contribution is -0.118. The summed E-state index contributed by atoms with van der Waals surface area (Å²) in [7, 11) is 1.58. The molecule has 0 bridgehead atoms. The van der Waals surface area contributed by atoms with E-state index in [9.17, 15) is 18.4 Å². The maximum Gasteiger partial charge on any atom is 0.254 e. The summed E-state index contributed by atoms with van der Waals surface area (Å²) in [5, 5.41) is 3.04. The number of rotatable bonds is 8. The summed E-state index contributed by atoms with van der Waals surface area (Å²) in [6.45, 7) is 0.287. The fourth-order valence-corrected chi connectivity index (χ4v) is 4.36. The van der Waals surface area contributed by atoms with E-state index in [2.05, 4.69) is 10.3 Å². The van der Waals surface area contributed by atoms with Crippen LogP contribution >= 0.6 is 11.3 Å². The molecule has 0 saturated carbocycles. The minimum atomic E-state index is -0.959. The third-order valence-corrected chi connectivity index (χ3v) is 6.14. The molecule has 174 valence electrons. The predicted octanol–water partition coefficient (Wildman–Crippen LogP) is 4.94. The molecule has 0 atom stereocenters. The number of hydrogen-bond donors (Lipinski definition) is 1. The molecule has 3 aromatic carbocycles. The molecule has 2 amide bonds. The van der Waals surface area contributed by atoms with Gasteiger partial charge in [0.2, 0.25) is 5.91 Å². The van der Waals surface area contributed by atoms with Gasteiger partial charge in [-0.1, -0.05) is 41.7 Å². The van der Waals surface area contributed by atoms with E-state index < -0.39 is 17.5 Å². The van der Waals surface area contributed by atoms with Gasteiger partial charge in [-0.25, -0.2) is 13.8 Å². The van der Waals surface area contributed by atoms with Gasteiger partial charge in [-0.05, 0) is 35.9 Å². The second-order valence-corrected chi connectivity index (χ2v) is 8.43. The summed E-state index contributed by atoms with van der Waals surface area (Å²) in [4.78, 5) is 31.6. The number of anilines is 1. The van der Waals surface area contributed by atoms with E-state index in [-0.39, 0.29) is 24.4 Å². The zero-order chi connectivity index (χ0) is 24.1. The number of fused-ring (bicyclic) bond motifs is 1. The lowest BCUT2D eigenvalue weighted by Crippen LogP contribution is -2.34. The van der Waals surface area contributed by atoms with Gasteiger partial charge in [0.15, 0.2) is 5.13 Å². The van der Waals surface area contributed by atoms with Crippen LogP contribution in [0.3, 0.4) is 0 Å². The second kappa shape index (κ2) is 10.4. The van der Waals surface area contributed by atoms with Crippen LogP contribution in [0.2, 0.25) is 0 Å². The molecule has 0 unspecified atom stereocenters. The first-order valence-corrected chi connectivity index (χ1v) is 11.3. The predicted molar refractivity (Wildman–Crippen MR) is 127 cm³/mol. The molecule has 0 aliphatic rings. The molecule has 6 nitrogen and oxygen atoms in total. The van der Waals surface area contributed by atoms with Crippen molar-refractivity contribution in [1.82, 2.24) is 10.3 Å². The molecule has 1 aromatic heterocycles. The van der Waals surface area contributed by atoms with Crippen LogP contribution in [0.4, 0.5) is 13.9 Å². The monoisotopic (exact) mass is 481 g/mol. The molecule has 0 spiro atoms. The van der Waals surface area contributed by atoms with Crippen LogP contribution in [-0.2, 0) is 11.3 Å². The third-order valence-electron chi connectivity index (χ3n) is 5.10. The second-order valence-electron chi connectivity index (χ2n) is 7.43. The number of ether oxygens (including phenoxy) is 1. The Morgan fingerprint density at radius 1 is 1.06 bits per heavy atom. The zero-order valence-electron chi connectivity index (χ0n) is 18.3. The molecule has 4 rings (SSSR count). The Bertz CT molecular complexity index is 1330. The molecule has 1 N–H and O–H groups in total. The minimum absolute atomic E-state index is 0.0154. The van der Waals surface area contributed by atoms with Crippen LogP contribution in [0, 0.1) is 11.6 Å². The number of nitrogens with one attached hydrogen (secondary N) is 1. The van der Waals surface area contributed by atoms with Gasteiger partial charge in [0, 0.05) is 19.0 Å². The Hall–Kier alpha value is -3.85. The molecule has 4 aromatic rings. The van der Waals surface area contributed by atoms with Crippen molar-refractivity contribution in [3.8, 4) is 5.75 Å². The van der Waals surface area contributed by atoms with Crippen LogP contribution in [-0.4, -0.2) is 30.5 Å². The summed E-state index contributed by atoms with van der Waals surface area (Å²) in [5.41, 5.74) is 1.38. The van der Waals surface area contributed by atoms with E-state index in [0.29, 0.717) is 23.5 Å². The van der Waals surface area contributed by atoms with Crippen LogP contribution in [0.1, 0.15) is 22.3 Å². The molecule has 0 radical (unpaired) electrons. The number of carbonyl (C=O) groups excluding carboxylic acids is 2. The average Bonchev–Trinajstić information content (AvgIpc) is 3.25. The standard InChI is InChI=1S/C25H21F2N3O3S/c1-33-18-8-10-21-22(14-18)34-25(29-21)30(15-16-5-3-2-4-6-16)23(31)11-12-28-24(32)19-9-7-17(26)13-20(19)27/h2-10,13-14H,11-12,15H2,1H3,(H,28,32). The van der Waals surface area contributed by atoms with Crippen molar-refractivity contribution in [3.05, 3.63) is 89.5 Å². The molecule has 34 heavy (non-hydrogen) atoms. The smallest absolute Gasteiger partial charge is 0.254 e. The number of thiazole rings is 1. The van der Waals surface area contributed by atoms with Crippen molar-refractivity contribution in [1.29, 1.82) is 0 Å². The van der Waals surface area contributed by atoms with Crippen molar-refractivity contribution in [2.45, 2.75) is 13.0 Å².